The molecule has 1 aliphatic rings. The highest BCUT2D eigenvalue weighted by molar-refractivity contribution is 5.94. The Balaban J connectivity index is 1.50. The van der Waals surface area contributed by atoms with E-state index < -0.39 is 0 Å². The second-order valence-corrected chi connectivity index (χ2v) is 8.03. The number of hydrogen-bond donors (Lipinski definition) is 1. The molecule has 166 valence electrons. The van der Waals surface area contributed by atoms with E-state index in [4.69, 9.17) is 14.2 Å². The van der Waals surface area contributed by atoms with Gasteiger partial charge in [-0.05, 0) is 60.9 Å². The summed E-state index contributed by atoms with van der Waals surface area (Å²) >= 11 is 0. The fourth-order valence-electron chi connectivity index (χ4n) is 4.36. The van der Waals surface area contributed by atoms with Gasteiger partial charge in [0.2, 0.25) is 0 Å². The third-order valence-corrected chi connectivity index (χ3v) is 5.99. The van der Waals surface area contributed by atoms with Crippen LogP contribution in [0, 0.1) is 0 Å². The van der Waals surface area contributed by atoms with Crippen LogP contribution in [0.15, 0.2) is 72.8 Å². The maximum atomic E-state index is 13.1. The highest BCUT2D eigenvalue weighted by atomic mass is 16.5. The number of amides is 1. The van der Waals surface area contributed by atoms with E-state index in [1.165, 1.54) is 0 Å². The van der Waals surface area contributed by atoms with E-state index in [2.05, 4.69) is 11.4 Å². The van der Waals surface area contributed by atoms with Crippen LogP contribution in [0.5, 0.6) is 23.0 Å². The van der Waals surface area contributed by atoms with E-state index in [0.29, 0.717) is 22.8 Å². The number of hydrogen-bond acceptors (Lipinski definition) is 4. The van der Waals surface area contributed by atoms with Crippen molar-refractivity contribution in [2.24, 2.45) is 0 Å². The molecule has 3 aromatic rings. The maximum absolute atomic E-state index is 13.1. The SMILES string of the molecule is COc1ccc([C@H]2CCCC[C@H]2NC(=O)c2cccc(Oc3ccccc3)c2)cc1OC. The van der Waals surface area contributed by atoms with Gasteiger partial charge in [0.05, 0.1) is 14.2 Å². The molecule has 0 spiro atoms. The summed E-state index contributed by atoms with van der Waals surface area (Å²) in [6.07, 6.45) is 4.22. The van der Waals surface area contributed by atoms with Crippen molar-refractivity contribution < 1.29 is 19.0 Å². The van der Waals surface area contributed by atoms with Gasteiger partial charge < -0.3 is 19.5 Å². The molecule has 1 fully saturated rings. The summed E-state index contributed by atoms with van der Waals surface area (Å²) in [5.41, 5.74) is 1.75. The first-order chi connectivity index (χ1) is 15.7. The van der Waals surface area contributed by atoms with Crippen LogP contribution < -0.4 is 19.5 Å². The summed E-state index contributed by atoms with van der Waals surface area (Å²) in [4.78, 5) is 13.1. The molecule has 0 radical (unpaired) electrons. The van der Waals surface area contributed by atoms with Crippen molar-refractivity contribution >= 4 is 5.91 Å². The van der Waals surface area contributed by atoms with Crippen LogP contribution in [-0.4, -0.2) is 26.2 Å². The monoisotopic (exact) mass is 431 g/mol. The Bertz CT molecular complexity index is 1050. The second kappa shape index (κ2) is 10.2. The highest BCUT2D eigenvalue weighted by Gasteiger charge is 2.29. The molecule has 2 atom stereocenters. The van der Waals surface area contributed by atoms with E-state index in [0.717, 1.165) is 37.0 Å². The molecular weight excluding hydrogens is 402 g/mol. The van der Waals surface area contributed by atoms with Gasteiger partial charge in [0, 0.05) is 17.5 Å². The summed E-state index contributed by atoms with van der Waals surface area (Å²) in [5.74, 6) is 2.96. The average molecular weight is 432 g/mol. The number of rotatable bonds is 7. The normalized spacial score (nSPS) is 17.9. The first-order valence-electron chi connectivity index (χ1n) is 11.0. The zero-order valence-corrected chi connectivity index (χ0v) is 18.5. The van der Waals surface area contributed by atoms with Gasteiger partial charge in [-0.3, -0.25) is 4.79 Å². The van der Waals surface area contributed by atoms with Crippen molar-refractivity contribution in [3.05, 3.63) is 83.9 Å². The van der Waals surface area contributed by atoms with Gasteiger partial charge >= 0.3 is 0 Å². The van der Waals surface area contributed by atoms with Crippen molar-refractivity contribution in [1.82, 2.24) is 5.32 Å². The topological polar surface area (TPSA) is 56.8 Å². The number of benzene rings is 3. The number of carbonyl (C=O) groups is 1. The van der Waals surface area contributed by atoms with Crippen molar-refractivity contribution in [3.8, 4) is 23.0 Å². The molecule has 4 rings (SSSR count). The molecule has 1 N–H and O–H groups in total. The maximum Gasteiger partial charge on any atom is 0.251 e. The molecule has 5 heteroatoms. The Morgan fingerprint density at radius 3 is 2.34 bits per heavy atom. The lowest BCUT2D eigenvalue weighted by atomic mass is 9.79. The van der Waals surface area contributed by atoms with Gasteiger partial charge in [0.15, 0.2) is 11.5 Å². The first kappa shape index (κ1) is 21.8. The summed E-state index contributed by atoms with van der Waals surface area (Å²) in [5, 5.41) is 3.27. The third kappa shape index (κ3) is 5.05. The summed E-state index contributed by atoms with van der Waals surface area (Å²) in [7, 11) is 3.28. The van der Waals surface area contributed by atoms with E-state index >= 15 is 0 Å². The molecule has 0 bridgehead atoms. The number of nitrogens with one attached hydrogen (secondary N) is 1. The molecule has 3 aromatic carbocycles. The minimum Gasteiger partial charge on any atom is -0.493 e. The molecule has 1 aliphatic carbocycles. The lowest BCUT2D eigenvalue weighted by Crippen LogP contribution is -2.41. The molecule has 32 heavy (non-hydrogen) atoms. The van der Waals surface area contributed by atoms with Crippen molar-refractivity contribution in [2.75, 3.05) is 14.2 Å². The van der Waals surface area contributed by atoms with Crippen molar-refractivity contribution in [3.63, 3.8) is 0 Å². The molecule has 0 heterocycles. The molecule has 0 saturated heterocycles. The average Bonchev–Trinajstić information content (AvgIpc) is 2.84. The predicted octanol–water partition coefficient (Wildman–Crippen LogP) is 5.95. The molecule has 1 saturated carbocycles. The fourth-order valence-corrected chi connectivity index (χ4v) is 4.36. The van der Waals surface area contributed by atoms with Gasteiger partial charge in [-0.15, -0.1) is 0 Å². The number of ether oxygens (including phenoxy) is 3. The van der Waals surface area contributed by atoms with Crippen LogP contribution in [-0.2, 0) is 0 Å². The van der Waals surface area contributed by atoms with Crippen LogP contribution in [0.4, 0.5) is 0 Å². The summed E-state index contributed by atoms with van der Waals surface area (Å²) < 4.78 is 16.8. The zero-order valence-electron chi connectivity index (χ0n) is 18.5. The van der Waals surface area contributed by atoms with Crippen LogP contribution in [0.3, 0.4) is 0 Å². The van der Waals surface area contributed by atoms with Crippen LogP contribution in [0.25, 0.3) is 0 Å². The zero-order chi connectivity index (χ0) is 22.3. The molecule has 0 unspecified atom stereocenters. The molecule has 1 amide bonds. The molecule has 5 nitrogen and oxygen atoms in total. The molecular formula is C27H29NO4. The van der Waals surface area contributed by atoms with E-state index in [1.54, 1.807) is 20.3 Å². The van der Waals surface area contributed by atoms with Crippen molar-refractivity contribution in [2.45, 2.75) is 37.6 Å². The van der Waals surface area contributed by atoms with Crippen LogP contribution in [0.1, 0.15) is 47.5 Å². The van der Waals surface area contributed by atoms with Gasteiger partial charge in [-0.2, -0.15) is 0 Å². The Labute approximate surface area is 189 Å². The quantitative estimate of drug-likeness (QED) is 0.502. The number of carbonyl (C=O) groups excluding carboxylic acids is 1. The van der Waals surface area contributed by atoms with Gasteiger partial charge in [0.1, 0.15) is 11.5 Å². The van der Waals surface area contributed by atoms with E-state index in [9.17, 15) is 4.79 Å². The van der Waals surface area contributed by atoms with Crippen LogP contribution in [0.2, 0.25) is 0 Å². The smallest absolute Gasteiger partial charge is 0.251 e. The lowest BCUT2D eigenvalue weighted by molar-refractivity contribution is 0.0920. The number of para-hydroxylation sites is 1. The van der Waals surface area contributed by atoms with Crippen molar-refractivity contribution in [1.29, 1.82) is 0 Å². The summed E-state index contributed by atoms with van der Waals surface area (Å²) in [6, 6.07) is 23.0. The predicted molar refractivity (Wildman–Crippen MR) is 125 cm³/mol. The lowest BCUT2D eigenvalue weighted by Gasteiger charge is -2.33. The number of methoxy groups -OCH3 is 2. The second-order valence-electron chi connectivity index (χ2n) is 8.03. The summed E-state index contributed by atoms with van der Waals surface area (Å²) in [6.45, 7) is 0. The minimum absolute atomic E-state index is 0.0630. The van der Waals surface area contributed by atoms with E-state index in [-0.39, 0.29) is 17.9 Å². The standard InChI is InChI=1S/C27H29NO4/c1-30-25-16-15-19(18-26(25)31-2)23-13-6-7-14-24(23)28-27(29)20-9-8-12-22(17-20)32-21-10-4-3-5-11-21/h3-5,8-12,15-18,23-24H,6-7,13-14H2,1-2H3,(H,28,29)/t23-,24-/m1/s1. The van der Waals surface area contributed by atoms with Gasteiger partial charge in [-0.25, -0.2) is 0 Å². The van der Waals surface area contributed by atoms with Gasteiger partial charge in [-0.1, -0.05) is 43.2 Å². The molecule has 0 aliphatic heterocycles. The highest BCUT2D eigenvalue weighted by Crippen LogP contribution is 2.37. The Hall–Kier alpha value is -3.47. The Kier molecular flexibility index (Phi) is 6.95. The Morgan fingerprint density at radius 1 is 0.812 bits per heavy atom. The largest absolute Gasteiger partial charge is 0.493 e. The molecule has 0 aromatic heterocycles. The van der Waals surface area contributed by atoms with Crippen LogP contribution >= 0.6 is 0 Å². The first-order valence-corrected chi connectivity index (χ1v) is 11.0. The fraction of sp³-hybridized carbons (Fsp3) is 0.296. The van der Waals surface area contributed by atoms with E-state index in [1.807, 2.05) is 60.7 Å². The Morgan fingerprint density at radius 2 is 1.56 bits per heavy atom. The minimum atomic E-state index is -0.0825. The van der Waals surface area contributed by atoms with Gasteiger partial charge in [0.25, 0.3) is 5.91 Å². The third-order valence-electron chi connectivity index (χ3n) is 5.99.